The number of hydrogen-bond acceptors (Lipinski definition) is 4. The average molecular weight is 263 g/mol. The van der Waals surface area contributed by atoms with Crippen molar-refractivity contribution >= 4 is 11.7 Å². The lowest BCUT2D eigenvalue weighted by Gasteiger charge is -2.46. The zero-order chi connectivity index (χ0) is 14.0. The van der Waals surface area contributed by atoms with Crippen LogP contribution in [-0.4, -0.2) is 47.7 Å². The van der Waals surface area contributed by atoms with Crippen molar-refractivity contribution in [3.8, 4) is 0 Å². The molecule has 3 atom stereocenters. The molecule has 0 spiro atoms. The molecule has 5 heteroatoms. The molecule has 0 aliphatic carbocycles. The van der Waals surface area contributed by atoms with Crippen LogP contribution in [0.4, 0.5) is 0 Å². The maximum atomic E-state index is 12.4. The van der Waals surface area contributed by atoms with Gasteiger partial charge in [0, 0.05) is 12.7 Å². The van der Waals surface area contributed by atoms with Crippen LogP contribution in [0.2, 0.25) is 0 Å². The van der Waals surface area contributed by atoms with Gasteiger partial charge in [-0.2, -0.15) is 0 Å². The van der Waals surface area contributed by atoms with Gasteiger partial charge in [0.15, 0.2) is 5.78 Å². The predicted molar refractivity (Wildman–Crippen MR) is 68.5 cm³/mol. The van der Waals surface area contributed by atoms with E-state index in [1.165, 1.54) is 18.9 Å². The zero-order valence-electron chi connectivity index (χ0n) is 10.9. The van der Waals surface area contributed by atoms with Gasteiger partial charge in [-0.3, -0.25) is 9.59 Å². The number of carbonyl (C=O) groups excluding carboxylic acids is 2. The fourth-order valence-electron chi connectivity index (χ4n) is 2.41. The maximum absolute atomic E-state index is 12.4. The molecule has 1 saturated heterocycles. The number of likely N-dealkylation sites (tertiary alicyclic amines) is 1. The number of nitrogens with zero attached hydrogens (tertiary/aromatic N) is 1. The molecule has 1 aliphatic rings. The van der Waals surface area contributed by atoms with Crippen molar-refractivity contribution in [1.29, 1.82) is 0 Å². The minimum Gasteiger partial charge on any atom is -0.392 e. The van der Waals surface area contributed by atoms with Crippen LogP contribution in [0, 0.1) is 5.92 Å². The van der Waals surface area contributed by atoms with Crippen LogP contribution < -0.4 is 0 Å². The first kappa shape index (κ1) is 13.7. The highest BCUT2D eigenvalue weighted by molar-refractivity contribution is 6.08. The Kier molecular flexibility index (Phi) is 3.97. The molecule has 0 bridgehead atoms. The van der Waals surface area contributed by atoms with Gasteiger partial charge < -0.3 is 14.7 Å². The van der Waals surface area contributed by atoms with Gasteiger partial charge in [0.25, 0.3) is 0 Å². The van der Waals surface area contributed by atoms with E-state index < -0.39 is 18.1 Å². The van der Waals surface area contributed by atoms with Gasteiger partial charge in [0.2, 0.25) is 5.91 Å². The first-order valence-electron chi connectivity index (χ1n) is 6.14. The summed E-state index contributed by atoms with van der Waals surface area (Å²) in [6, 6.07) is 8.12. The number of ether oxygens (including phenoxy) is 1. The van der Waals surface area contributed by atoms with E-state index in [0.717, 1.165) is 0 Å². The largest absolute Gasteiger partial charge is 0.392 e. The molecule has 1 unspecified atom stereocenters. The Balaban J connectivity index is 2.24. The number of rotatable bonds is 5. The number of β-lactam (4-membered cyclic amide) rings is 1. The molecule has 1 aromatic rings. The van der Waals surface area contributed by atoms with Crippen LogP contribution >= 0.6 is 0 Å². The van der Waals surface area contributed by atoms with Crippen LogP contribution in [0.5, 0.6) is 0 Å². The highest BCUT2D eigenvalue weighted by Gasteiger charge is 2.53. The van der Waals surface area contributed by atoms with E-state index in [9.17, 15) is 14.7 Å². The second-order valence-corrected chi connectivity index (χ2v) is 4.67. The number of amides is 1. The summed E-state index contributed by atoms with van der Waals surface area (Å²) < 4.78 is 4.93. The Bertz CT molecular complexity index is 472. The zero-order valence-corrected chi connectivity index (χ0v) is 10.9. The average Bonchev–Trinajstić information content (AvgIpc) is 2.41. The SMILES string of the molecule is COCN1C(=O)[C@H](C(C)O)[C@H]1C(=O)c1ccccc1. The number of Topliss-reactive ketones (excluding diaryl/α,β-unsaturated/α-hetero) is 1. The number of aliphatic hydroxyl groups excluding tert-OH is 1. The Hall–Kier alpha value is -1.72. The Morgan fingerprint density at radius 2 is 2.05 bits per heavy atom. The molecule has 0 aromatic heterocycles. The van der Waals surface area contributed by atoms with Crippen LogP contribution in [0.1, 0.15) is 17.3 Å². The second kappa shape index (κ2) is 5.50. The van der Waals surface area contributed by atoms with Gasteiger partial charge in [0.05, 0.1) is 12.0 Å². The van der Waals surface area contributed by atoms with Crippen LogP contribution in [-0.2, 0) is 9.53 Å². The van der Waals surface area contributed by atoms with Crippen molar-refractivity contribution < 1.29 is 19.4 Å². The second-order valence-electron chi connectivity index (χ2n) is 4.67. The maximum Gasteiger partial charge on any atom is 0.233 e. The molecule has 5 nitrogen and oxygen atoms in total. The van der Waals surface area contributed by atoms with Gasteiger partial charge in [-0.05, 0) is 6.92 Å². The fourth-order valence-corrected chi connectivity index (χ4v) is 2.41. The normalized spacial score (nSPS) is 23.9. The summed E-state index contributed by atoms with van der Waals surface area (Å²) in [6.07, 6.45) is -0.849. The van der Waals surface area contributed by atoms with E-state index in [0.29, 0.717) is 5.56 Å². The van der Waals surface area contributed by atoms with Crippen LogP contribution in [0.15, 0.2) is 30.3 Å². The van der Waals surface area contributed by atoms with Gasteiger partial charge in [-0.25, -0.2) is 0 Å². The number of benzene rings is 1. The Labute approximate surface area is 111 Å². The van der Waals surface area contributed by atoms with Crippen molar-refractivity contribution in [2.75, 3.05) is 13.8 Å². The number of ketones is 1. The molecule has 19 heavy (non-hydrogen) atoms. The molecule has 1 aromatic carbocycles. The topological polar surface area (TPSA) is 66.8 Å². The molecule has 2 rings (SSSR count). The van der Waals surface area contributed by atoms with Crippen LogP contribution in [0.3, 0.4) is 0 Å². The Morgan fingerprint density at radius 3 is 2.58 bits per heavy atom. The number of aliphatic hydroxyl groups is 1. The summed E-state index contributed by atoms with van der Waals surface area (Å²) in [5, 5.41) is 9.65. The third-order valence-electron chi connectivity index (χ3n) is 3.36. The van der Waals surface area contributed by atoms with Gasteiger partial charge >= 0.3 is 0 Å². The van der Waals surface area contributed by atoms with Crippen molar-refractivity contribution in [3.05, 3.63) is 35.9 Å². The quantitative estimate of drug-likeness (QED) is 0.626. The van der Waals surface area contributed by atoms with Gasteiger partial charge in [0.1, 0.15) is 12.8 Å². The van der Waals surface area contributed by atoms with Crippen molar-refractivity contribution in [2.45, 2.75) is 19.1 Å². The molecular formula is C14H17NO4. The lowest BCUT2D eigenvalue weighted by atomic mass is 9.79. The standard InChI is InChI=1S/C14H17NO4/c1-9(16)11-12(15(8-19-2)14(11)18)13(17)10-6-4-3-5-7-10/h3-7,9,11-12,16H,8H2,1-2H3/t9?,11-,12+/m1/s1. The third-order valence-corrected chi connectivity index (χ3v) is 3.36. The van der Waals surface area contributed by atoms with E-state index in [4.69, 9.17) is 4.74 Å². The van der Waals surface area contributed by atoms with E-state index in [-0.39, 0.29) is 18.4 Å². The first-order chi connectivity index (χ1) is 9.07. The monoisotopic (exact) mass is 263 g/mol. The minimum absolute atomic E-state index is 0.0608. The minimum atomic E-state index is -0.849. The summed E-state index contributed by atoms with van der Waals surface area (Å²) in [7, 11) is 1.47. The summed E-state index contributed by atoms with van der Waals surface area (Å²) >= 11 is 0. The lowest BCUT2D eigenvalue weighted by Crippen LogP contribution is -2.67. The summed E-state index contributed by atoms with van der Waals surface area (Å²) in [4.78, 5) is 25.6. The molecule has 1 amide bonds. The molecule has 1 aliphatic heterocycles. The van der Waals surface area contributed by atoms with Crippen LogP contribution in [0.25, 0.3) is 0 Å². The molecular weight excluding hydrogens is 246 g/mol. The number of carbonyl (C=O) groups is 2. The molecule has 102 valence electrons. The molecule has 0 saturated carbocycles. The van der Waals surface area contributed by atoms with Gasteiger partial charge in [-0.15, -0.1) is 0 Å². The summed E-state index contributed by atoms with van der Waals surface area (Å²) in [5.74, 6) is -1.09. The third kappa shape index (κ3) is 2.39. The summed E-state index contributed by atoms with van der Waals surface area (Å²) in [6.45, 7) is 1.59. The molecule has 1 N–H and O–H groups in total. The van der Waals surface area contributed by atoms with E-state index >= 15 is 0 Å². The van der Waals surface area contributed by atoms with Crippen molar-refractivity contribution in [3.63, 3.8) is 0 Å². The number of methoxy groups -OCH3 is 1. The van der Waals surface area contributed by atoms with E-state index in [1.54, 1.807) is 24.3 Å². The highest BCUT2D eigenvalue weighted by atomic mass is 16.5. The fraction of sp³-hybridized carbons (Fsp3) is 0.429. The smallest absolute Gasteiger partial charge is 0.233 e. The van der Waals surface area contributed by atoms with Crippen molar-refractivity contribution in [2.24, 2.45) is 5.92 Å². The molecule has 0 radical (unpaired) electrons. The van der Waals surface area contributed by atoms with E-state index in [2.05, 4.69) is 0 Å². The van der Waals surface area contributed by atoms with Gasteiger partial charge in [-0.1, -0.05) is 30.3 Å². The first-order valence-corrected chi connectivity index (χ1v) is 6.14. The highest BCUT2D eigenvalue weighted by Crippen LogP contribution is 2.31. The Morgan fingerprint density at radius 1 is 1.42 bits per heavy atom. The predicted octanol–water partition coefficient (Wildman–Crippen LogP) is 0.681. The molecule has 1 heterocycles. The molecule has 1 fully saturated rings. The summed E-state index contributed by atoms with van der Waals surface area (Å²) in [5.41, 5.74) is 0.534. The number of hydrogen-bond donors (Lipinski definition) is 1. The lowest BCUT2D eigenvalue weighted by molar-refractivity contribution is -0.168. The van der Waals surface area contributed by atoms with E-state index in [1.807, 2.05) is 6.07 Å². The van der Waals surface area contributed by atoms with Crippen molar-refractivity contribution in [1.82, 2.24) is 4.90 Å².